The highest BCUT2D eigenvalue weighted by Crippen LogP contribution is 2.35. The Balaban J connectivity index is 1.84. The maximum absolute atomic E-state index is 11.9. The Kier molecular flexibility index (Phi) is 8.36. The predicted molar refractivity (Wildman–Crippen MR) is 107 cm³/mol. The molecule has 0 unspecified atom stereocenters. The molecule has 0 aliphatic heterocycles. The van der Waals surface area contributed by atoms with E-state index in [1.807, 2.05) is 17.5 Å². The van der Waals surface area contributed by atoms with Gasteiger partial charge in [0.05, 0.1) is 21.3 Å². The lowest BCUT2D eigenvalue weighted by atomic mass is 10.1. The lowest BCUT2D eigenvalue weighted by Gasteiger charge is -2.12. The Hall–Kier alpha value is -3.00. The number of methoxy groups -OCH3 is 3. The minimum atomic E-state index is -0.634. The van der Waals surface area contributed by atoms with E-state index in [0.717, 1.165) is 6.42 Å². The molecule has 0 saturated carbocycles. The fraction of sp³-hybridized carbons (Fsp3) is 0.300. The van der Waals surface area contributed by atoms with Crippen molar-refractivity contribution < 1.29 is 28.5 Å². The Bertz CT molecular complexity index is 816. The van der Waals surface area contributed by atoms with Gasteiger partial charge in [-0.3, -0.25) is 4.79 Å². The Labute approximate surface area is 167 Å². The molecule has 150 valence electrons. The molecule has 1 aromatic carbocycles. The van der Waals surface area contributed by atoms with Crippen LogP contribution in [0.4, 0.5) is 0 Å². The molecule has 0 saturated heterocycles. The van der Waals surface area contributed by atoms with Gasteiger partial charge in [-0.25, -0.2) is 4.79 Å². The molecule has 0 atom stereocenters. The zero-order valence-corrected chi connectivity index (χ0v) is 16.8. The van der Waals surface area contributed by atoms with Crippen LogP contribution in [0.15, 0.2) is 35.7 Å². The van der Waals surface area contributed by atoms with Crippen molar-refractivity contribution in [2.75, 3.05) is 34.5 Å². The number of ether oxygens (including phenoxy) is 4. The van der Waals surface area contributed by atoms with Crippen molar-refractivity contribution in [3.05, 3.63) is 46.2 Å². The third-order valence-electron chi connectivity index (χ3n) is 3.75. The van der Waals surface area contributed by atoms with E-state index in [4.69, 9.17) is 18.9 Å². The van der Waals surface area contributed by atoms with Crippen LogP contribution in [-0.2, 0) is 20.7 Å². The lowest BCUT2D eigenvalue weighted by molar-refractivity contribution is -0.143. The third-order valence-corrected chi connectivity index (χ3v) is 4.69. The Morgan fingerprint density at radius 2 is 1.79 bits per heavy atom. The first-order valence-corrected chi connectivity index (χ1v) is 9.39. The molecule has 1 heterocycles. The molecular weight excluding hydrogens is 382 g/mol. The molecule has 2 rings (SSSR count). The molecule has 0 fully saturated rings. The van der Waals surface area contributed by atoms with Gasteiger partial charge in [0.15, 0.2) is 18.1 Å². The SMILES string of the molecule is COc1cc(OC)c(OC)cc1/C=C/C(=O)OCC(=O)NCCc1cccs1. The summed E-state index contributed by atoms with van der Waals surface area (Å²) in [7, 11) is 4.55. The third kappa shape index (κ3) is 6.31. The minimum Gasteiger partial charge on any atom is -0.496 e. The van der Waals surface area contributed by atoms with Crippen LogP contribution in [0.5, 0.6) is 17.2 Å². The predicted octanol–water partition coefficient (Wildman–Crippen LogP) is 2.69. The van der Waals surface area contributed by atoms with Gasteiger partial charge < -0.3 is 24.3 Å². The largest absolute Gasteiger partial charge is 0.496 e. The van der Waals surface area contributed by atoms with Crippen LogP contribution in [0.25, 0.3) is 6.08 Å². The second kappa shape index (κ2) is 11.0. The van der Waals surface area contributed by atoms with Crippen LogP contribution in [0, 0.1) is 0 Å². The van der Waals surface area contributed by atoms with Gasteiger partial charge in [-0.05, 0) is 30.0 Å². The van der Waals surface area contributed by atoms with E-state index < -0.39 is 5.97 Å². The van der Waals surface area contributed by atoms with Crippen LogP contribution in [0.3, 0.4) is 0 Å². The van der Waals surface area contributed by atoms with Crippen molar-refractivity contribution >= 4 is 29.3 Å². The molecule has 1 N–H and O–H groups in total. The first-order valence-electron chi connectivity index (χ1n) is 8.51. The van der Waals surface area contributed by atoms with Gasteiger partial charge in [0.25, 0.3) is 5.91 Å². The highest BCUT2D eigenvalue weighted by molar-refractivity contribution is 7.09. The van der Waals surface area contributed by atoms with E-state index in [1.165, 1.54) is 38.4 Å². The monoisotopic (exact) mass is 405 g/mol. The fourth-order valence-electron chi connectivity index (χ4n) is 2.36. The summed E-state index contributed by atoms with van der Waals surface area (Å²) >= 11 is 1.63. The van der Waals surface area contributed by atoms with Crippen LogP contribution >= 0.6 is 11.3 Å². The van der Waals surface area contributed by atoms with Gasteiger partial charge in [-0.15, -0.1) is 11.3 Å². The van der Waals surface area contributed by atoms with Crippen molar-refractivity contribution in [3.8, 4) is 17.2 Å². The van der Waals surface area contributed by atoms with E-state index >= 15 is 0 Å². The quantitative estimate of drug-likeness (QED) is 0.483. The van der Waals surface area contributed by atoms with E-state index in [0.29, 0.717) is 29.4 Å². The number of hydrogen-bond donors (Lipinski definition) is 1. The van der Waals surface area contributed by atoms with Crippen LogP contribution < -0.4 is 19.5 Å². The summed E-state index contributed by atoms with van der Waals surface area (Å²) in [6.07, 6.45) is 3.50. The molecule has 7 nitrogen and oxygen atoms in total. The van der Waals surface area contributed by atoms with Gasteiger partial charge in [-0.1, -0.05) is 6.07 Å². The summed E-state index contributed by atoms with van der Waals surface area (Å²) in [4.78, 5) is 24.8. The first kappa shape index (κ1) is 21.3. The average molecular weight is 405 g/mol. The zero-order chi connectivity index (χ0) is 20.4. The number of carbonyl (C=O) groups excluding carboxylic acids is 2. The van der Waals surface area contributed by atoms with E-state index in [-0.39, 0.29) is 12.5 Å². The molecule has 28 heavy (non-hydrogen) atoms. The van der Waals surface area contributed by atoms with Crippen LogP contribution in [0.1, 0.15) is 10.4 Å². The number of carbonyl (C=O) groups is 2. The van der Waals surface area contributed by atoms with Crippen LogP contribution in [0.2, 0.25) is 0 Å². The minimum absolute atomic E-state index is 0.337. The average Bonchev–Trinajstić information content (AvgIpc) is 3.23. The molecule has 0 radical (unpaired) electrons. The first-order chi connectivity index (χ1) is 13.6. The molecule has 8 heteroatoms. The normalized spacial score (nSPS) is 10.5. The molecule has 0 bridgehead atoms. The van der Waals surface area contributed by atoms with Crippen molar-refractivity contribution in [1.82, 2.24) is 5.32 Å². The lowest BCUT2D eigenvalue weighted by Crippen LogP contribution is -2.30. The summed E-state index contributed by atoms with van der Waals surface area (Å²) < 4.78 is 20.7. The number of esters is 1. The number of nitrogens with one attached hydrogen (secondary N) is 1. The van der Waals surface area contributed by atoms with Crippen molar-refractivity contribution in [2.45, 2.75) is 6.42 Å². The molecule has 2 aromatic rings. The molecule has 0 aliphatic carbocycles. The second-order valence-corrected chi connectivity index (χ2v) is 6.60. The summed E-state index contributed by atoms with van der Waals surface area (Å²) in [6.45, 7) is 0.159. The molecule has 1 amide bonds. The van der Waals surface area contributed by atoms with Gasteiger partial charge in [0.1, 0.15) is 5.75 Å². The Morgan fingerprint density at radius 1 is 1.07 bits per heavy atom. The van der Waals surface area contributed by atoms with Crippen molar-refractivity contribution in [3.63, 3.8) is 0 Å². The van der Waals surface area contributed by atoms with Gasteiger partial charge in [0, 0.05) is 29.1 Å². The topological polar surface area (TPSA) is 83.1 Å². The summed E-state index contributed by atoms with van der Waals surface area (Å²) in [5.41, 5.74) is 0.609. The maximum Gasteiger partial charge on any atom is 0.331 e. The number of rotatable bonds is 10. The number of amides is 1. The number of hydrogen-bond acceptors (Lipinski definition) is 7. The van der Waals surface area contributed by atoms with Crippen LogP contribution in [-0.4, -0.2) is 46.4 Å². The van der Waals surface area contributed by atoms with Gasteiger partial charge >= 0.3 is 5.97 Å². The fourth-order valence-corrected chi connectivity index (χ4v) is 3.07. The standard InChI is InChI=1S/C20H23NO6S/c1-24-16-12-18(26-3)17(25-2)11-14(16)6-7-20(23)27-13-19(22)21-9-8-15-5-4-10-28-15/h4-7,10-12H,8-9,13H2,1-3H3,(H,21,22)/b7-6+. The highest BCUT2D eigenvalue weighted by atomic mass is 32.1. The molecule has 0 spiro atoms. The van der Waals surface area contributed by atoms with Crippen molar-refractivity contribution in [2.24, 2.45) is 0 Å². The number of benzene rings is 1. The van der Waals surface area contributed by atoms with E-state index in [2.05, 4.69) is 5.32 Å². The maximum atomic E-state index is 11.9. The smallest absolute Gasteiger partial charge is 0.331 e. The summed E-state index contributed by atoms with van der Waals surface area (Å²) in [6, 6.07) is 7.30. The zero-order valence-electron chi connectivity index (χ0n) is 16.0. The highest BCUT2D eigenvalue weighted by Gasteiger charge is 2.11. The van der Waals surface area contributed by atoms with E-state index in [1.54, 1.807) is 23.5 Å². The van der Waals surface area contributed by atoms with E-state index in [9.17, 15) is 9.59 Å². The molecule has 1 aromatic heterocycles. The van der Waals surface area contributed by atoms with Gasteiger partial charge in [0.2, 0.25) is 0 Å². The summed E-state index contributed by atoms with van der Waals surface area (Å²) in [5.74, 6) is 0.542. The summed E-state index contributed by atoms with van der Waals surface area (Å²) in [5, 5.41) is 4.70. The van der Waals surface area contributed by atoms with Gasteiger partial charge in [-0.2, -0.15) is 0 Å². The molecule has 0 aliphatic rings. The number of thiophene rings is 1. The van der Waals surface area contributed by atoms with Crippen molar-refractivity contribution in [1.29, 1.82) is 0 Å². The second-order valence-electron chi connectivity index (χ2n) is 5.57. The molecular formula is C20H23NO6S. The Morgan fingerprint density at radius 3 is 2.43 bits per heavy atom.